The van der Waals surface area contributed by atoms with Crippen LogP contribution in [0.15, 0.2) is 30.3 Å². The fraction of sp³-hybridized carbons (Fsp3) is 0.273. The summed E-state index contributed by atoms with van der Waals surface area (Å²) < 4.78 is 0. The van der Waals surface area contributed by atoms with Crippen LogP contribution in [0.1, 0.15) is 6.92 Å². The van der Waals surface area contributed by atoms with E-state index in [1.165, 1.54) is 6.92 Å². The minimum atomic E-state index is -1.41. The standard InChI is InChI=1S/C11H14N2O3S/c1-7(14)9(10(15)16)13-11(17)12-8-5-3-2-4-6-8/h2-7,9,14H,1H3,(H,15,16)(H2,12,13,17)/p-1/t7-,9+/m1/s1. The molecule has 0 saturated heterocycles. The normalized spacial score (nSPS) is 13.5. The summed E-state index contributed by atoms with van der Waals surface area (Å²) in [5, 5.41) is 25.3. The topological polar surface area (TPSA) is 84.4 Å². The van der Waals surface area contributed by atoms with Crippen molar-refractivity contribution in [2.45, 2.75) is 19.1 Å². The van der Waals surface area contributed by atoms with Gasteiger partial charge in [-0.05, 0) is 31.3 Å². The third-order valence-electron chi connectivity index (χ3n) is 2.05. The second-order valence-electron chi connectivity index (χ2n) is 3.50. The van der Waals surface area contributed by atoms with Crippen molar-refractivity contribution in [2.75, 3.05) is 5.32 Å². The first kappa shape index (κ1) is 13.4. The van der Waals surface area contributed by atoms with Gasteiger partial charge < -0.3 is 25.6 Å². The molecule has 0 fully saturated rings. The van der Waals surface area contributed by atoms with Gasteiger partial charge in [0.2, 0.25) is 0 Å². The first-order valence-corrected chi connectivity index (χ1v) is 5.43. The van der Waals surface area contributed by atoms with Crippen molar-refractivity contribution in [1.29, 1.82) is 0 Å². The maximum atomic E-state index is 10.7. The number of nitrogens with one attached hydrogen (secondary N) is 2. The molecule has 0 spiro atoms. The molecule has 0 bridgehead atoms. The van der Waals surface area contributed by atoms with Gasteiger partial charge in [0, 0.05) is 5.69 Å². The Kier molecular flexibility index (Phi) is 4.86. The van der Waals surface area contributed by atoms with E-state index in [1.807, 2.05) is 18.2 Å². The summed E-state index contributed by atoms with van der Waals surface area (Å²) >= 11 is 4.93. The van der Waals surface area contributed by atoms with E-state index < -0.39 is 18.1 Å². The lowest BCUT2D eigenvalue weighted by Gasteiger charge is -2.24. The molecule has 0 aliphatic carbocycles. The van der Waals surface area contributed by atoms with Gasteiger partial charge in [-0.15, -0.1) is 0 Å². The number of anilines is 1. The summed E-state index contributed by atoms with van der Waals surface area (Å²) in [7, 11) is 0. The van der Waals surface area contributed by atoms with Gasteiger partial charge in [-0.1, -0.05) is 18.2 Å². The highest BCUT2D eigenvalue weighted by molar-refractivity contribution is 7.80. The average Bonchev–Trinajstić information content (AvgIpc) is 2.26. The zero-order valence-electron chi connectivity index (χ0n) is 9.21. The quantitative estimate of drug-likeness (QED) is 0.626. The number of thiocarbonyl (C=S) groups is 1. The van der Waals surface area contributed by atoms with Crippen LogP contribution in [0.2, 0.25) is 0 Å². The van der Waals surface area contributed by atoms with Crippen LogP contribution in [0.3, 0.4) is 0 Å². The SMILES string of the molecule is C[C@@H](O)[C@H](NC(=S)Nc1ccccc1)C(=O)[O-]. The number of aliphatic hydroxyl groups is 1. The van der Waals surface area contributed by atoms with E-state index >= 15 is 0 Å². The third kappa shape index (κ3) is 4.38. The molecule has 3 N–H and O–H groups in total. The highest BCUT2D eigenvalue weighted by atomic mass is 32.1. The highest BCUT2D eigenvalue weighted by Crippen LogP contribution is 2.04. The van der Waals surface area contributed by atoms with Gasteiger partial charge in [0.05, 0.1) is 18.1 Å². The third-order valence-corrected chi connectivity index (χ3v) is 2.27. The van der Waals surface area contributed by atoms with Crippen LogP contribution in [0, 0.1) is 0 Å². The molecule has 0 aromatic heterocycles. The van der Waals surface area contributed by atoms with E-state index in [0.29, 0.717) is 0 Å². The smallest absolute Gasteiger partial charge is 0.171 e. The number of rotatable bonds is 4. The van der Waals surface area contributed by atoms with Crippen molar-refractivity contribution < 1.29 is 15.0 Å². The number of carboxylic acid groups (broad SMARTS) is 1. The van der Waals surface area contributed by atoms with Gasteiger partial charge in [-0.3, -0.25) is 0 Å². The lowest BCUT2D eigenvalue weighted by Crippen LogP contribution is -2.54. The van der Waals surface area contributed by atoms with Gasteiger partial charge in [-0.2, -0.15) is 0 Å². The zero-order chi connectivity index (χ0) is 12.8. The number of carboxylic acids is 1. The van der Waals surface area contributed by atoms with Crippen LogP contribution in [0.5, 0.6) is 0 Å². The van der Waals surface area contributed by atoms with E-state index in [1.54, 1.807) is 12.1 Å². The molecule has 2 atom stereocenters. The van der Waals surface area contributed by atoms with Gasteiger partial charge in [-0.25, -0.2) is 0 Å². The van der Waals surface area contributed by atoms with Gasteiger partial charge in [0.1, 0.15) is 0 Å². The molecule has 92 valence electrons. The zero-order valence-corrected chi connectivity index (χ0v) is 10.0. The largest absolute Gasteiger partial charge is 0.548 e. The van der Waals surface area contributed by atoms with Gasteiger partial charge >= 0.3 is 0 Å². The number of aliphatic hydroxyl groups excluding tert-OH is 1. The van der Waals surface area contributed by atoms with Crippen LogP contribution >= 0.6 is 12.2 Å². The molecule has 1 aromatic rings. The number of aliphatic carboxylic acids is 1. The second-order valence-corrected chi connectivity index (χ2v) is 3.91. The van der Waals surface area contributed by atoms with Crippen molar-refractivity contribution in [3.8, 4) is 0 Å². The molecular weight excluding hydrogens is 240 g/mol. The number of carbonyl (C=O) groups excluding carboxylic acids is 1. The molecule has 0 unspecified atom stereocenters. The molecule has 0 heterocycles. The highest BCUT2D eigenvalue weighted by Gasteiger charge is 2.16. The maximum Gasteiger partial charge on any atom is 0.171 e. The molecule has 0 aliphatic rings. The summed E-state index contributed by atoms with van der Waals surface area (Å²) in [4.78, 5) is 10.7. The Morgan fingerprint density at radius 1 is 1.41 bits per heavy atom. The van der Waals surface area contributed by atoms with Crippen molar-refractivity contribution in [2.24, 2.45) is 0 Å². The minimum absolute atomic E-state index is 0.117. The first-order valence-electron chi connectivity index (χ1n) is 5.02. The first-order chi connectivity index (χ1) is 8.00. The van der Waals surface area contributed by atoms with E-state index in [9.17, 15) is 15.0 Å². The van der Waals surface area contributed by atoms with E-state index in [-0.39, 0.29) is 5.11 Å². The van der Waals surface area contributed by atoms with Crippen molar-refractivity contribution >= 4 is 29.0 Å². The molecule has 0 aliphatic heterocycles. The van der Waals surface area contributed by atoms with E-state index in [0.717, 1.165) is 5.69 Å². The van der Waals surface area contributed by atoms with Crippen molar-refractivity contribution in [3.05, 3.63) is 30.3 Å². The molecular formula is C11H13N2O3S-. The molecule has 6 heteroatoms. The monoisotopic (exact) mass is 253 g/mol. The Morgan fingerprint density at radius 3 is 2.47 bits per heavy atom. The second kappa shape index (κ2) is 6.17. The van der Waals surface area contributed by atoms with E-state index in [2.05, 4.69) is 10.6 Å². The van der Waals surface area contributed by atoms with Crippen LogP contribution < -0.4 is 15.7 Å². The number of hydrogen-bond donors (Lipinski definition) is 3. The predicted octanol–water partition coefficient (Wildman–Crippen LogP) is -0.528. The Hall–Kier alpha value is -1.66. The predicted molar refractivity (Wildman–Crippen MR) is 66.3 cm³/mol. The Labute approximate surface area is 104 Å². The number of benzene rings is 1. The van der Waals surface area contributed by atoms with Crippen molar-refractivity contribution in [3.63, 3.8) is 0 Å². The van der Waals surface area contributed by atoms with Crippen LogP contribution in [-0.4, -0.2) is 28.3 Å². The summed E-state index contributed by atoms with van der Waals surface area (Å²) in [5.41, 5.74) is 0.729. The summed E-state index contributed by atoms with van der Waals surface area (Å²) in [6.45, 7) is 1.35. The Morgan fingerprint density at radius 2 is 2.00 bits per heavy atom. The van der Waals surface area contributed by atoms with Crippen molar-refractivity contribution in [1.82, 2.24) is 5.32 Å². The summed E-state index contributed by atoms with van der Waals surface area (Å²) in [6, 6.07) is 7.81. The number of para-hydroxylation sites is 1. The Balaban J connectivity index is 2.57. The molecule has 0 amide bonds. The van der Waals surface area contributed by atoms with Crippen LogP contribution in [0.4, 0.5) is 5.69 Å². The summed E-state index contributed by atoms with van der Waals surface area (Å²) in [5.74, 6) is -1.41. The fourth-order valence-electron chi connectivity index (χ4n) is 1.21. The van der Waals surface area contributed by atoms with Crippen LogP contribution in [-0.2, 0) is 4.79 Å². The summed E-state index contributed by atoms with van der Waals surface area (Å²) in [6.07, 6.45) is -1.10. The molecule has 5 nitrogen and oxygen atoms in total. The molecule has 0 radical (unpaired) electrons. The molecule has 1 aromatic carbocycles. The van der Waals surface area contributed by atoms with Gasteiger partial charge in [0.15, 0.2) is 5.11 Å². The lowest BCUT2D eigenvalue weighted by atomic mass is 10.2. The number of hydrogen-bond acceptors (Lipinski definition) is 4. The molecule has 0 saturated carbocycles. The molecule has 17 heavy (non-hydrogen) atoms. The van der Waals surface area contributed by atoms with E-state index in [4.69, 9.17) is 12.2 Å². The maximum absolute atomic E-state index is 10.7. The van der Waals surface area contributed by atoms with Gasteiger partial charge in [0.25, 0.3) is 0 Å². The fourth-order valence-corrected chi connectivity index (χ4v) is 1.45. The Bertz CT molecular complexity index is 395. The molecule has 1 rings (SSSR count). The number of carbonyl (C=O) groups is 1. The average molecular weight is 253 g/mol. The minimum Gasteiger partial charge on any atom is -0.548 e. The lowest BCUT2D eigenvalue weighted by molar-refractivity contribution is -0.309. The van der Waals surface area contributed by atoms with Crippen LogP contribution in [0.25, 0.3) is 0 Å².